The Balaban J connectivity index is 2.87. The first kappa shape index (κ1) is 23.0. The summed E-state index contributed by atoms with van der Waals surface area (Å²) in [5.74, 6) is -1.99. The van der Waals surface area contributed by atoms with Crippen molar-refractivity contribution in [3.8, 4) is 0 Å². The molecular formula is C19H29N3O4S. The van der Waals surface area contributed by atoms with Crippen LogP contribution < -0.4 is 16.1 Å². The van der Waals surface area contributed by atoms with E-state index in [-0.39, 0.29) is 18.2 Å². The highest BCUT2D eigenvalue weighted by Crippen LogP contribution is 2.14. The topological polar surface area (TPSA) is 108 Å². The predicted octanol–water partition coefficient (Wildman–Crippen LogP) is 2.34. The number of hydroxylamine groups is 1. The van der Waals surface area contributed by atoms with E-state index >= 15 is 0 Å². The van der Waals surface area contributed by atoms with E-state index in [1.54, 1.807) is 12.1 Å². The van der Waals surface area contributed by atoms with Crippen LogP contribution in [0.5, 0.6) is 0 Å². The van der Waals surface area contributed by atoms with Gasteiger partial charge in [-0.05, 0) is 49.8 Å². The van der Waals surface area contributed by atoms with E-state index in [2.05, 4.69) is 10.6 Å². The van der Waals surface area contributed by atoms with Gasteiger partial charge in [-0.15, -0.1) is 0 Å². The van der Waals surface area contributed by atoms with Crippen molar-refractivity contribution in [2.24, 2.45) is 11.8 Å². The molecule has 0 aliphatic rings. The molecule has 0 saturated carbocycles. The summed E-state index contributed by atoms with van der Waals surface area (Å²) in [7, 11) is 0. The zero-order chi connectivity index (χ0) is 20.4. The second-order valence-electron chi connectivity index (χ2n) is 6.86. The number of hydrogen-bond donors (Lipinski definition) is 4. The molecule has 1 aromatic rings. The SMILES string of the molecule is CSCC[C@H](C(=O)NO)C(=O)N[C@@H](CC(C)C)C(=O)Nc1ccc(C)cc1. The van der Waals surface area contributed by atoms with Gasteiger partial charge in [0, 0.05) is 5.69 Å². The summed E-state index contributed by atoms with van der Waals surface area (Å²) < 4.78 is 0. The van der Waals surface area contributed by atoms with Crippen LogP contribution >= 0.6 is 11.8 Å². The van der Waals surface area contributed by atoms with E-state index < -0.39 is 23.8 Å². The highest BCUT2D eigenvalue weighted by atomic mass is 32.2. The van der Waals surface area contributed by atoms with Crippen molar-refractivity contribution in [3.05, 3.63) is 29.8 Å². The number of carbonyl (C=O) groups excluding carboxylic acids is 3. The van der Waals surface area contributed by atoms with Gasteiger partial charge in [-0.25, -0.2) is 5.48 Å². The minimum atomic E-state index is -1.05. The number of anilines is 1. The van der Waals surface area contributed by atoms with E-state index in [1.165, 1.54) is 17.2 Å². The summed E-state index contributed by atoms with van der Waals surface area (Å²) in [5, 5.41) is 14.4. The molecule has 150 valence electrons. The molecule has 0 bridgehead atoms. The third-order valence-corrected chi connectivity index (χ3v) is 4.66. The van der Waals surface area contributed by atoms with E-state index in [9.17, 15) is 14.4 Å². The summed E-state index contributed by atoms with van der Waals surface area (Å²) in [6, 6.07) is 6.58. The maximum atomic E-state index is 12.7. The Kier molecular flexibility index (Phi) is 9.88. The molecule has 0 aliphatic carbocycles. The molecule has 0 radical (unpaired) electrons. The molecular weight excluding hydrogens is 366 g/mol. The van der Waals surface area contributed by atoms with Crippen LogP contribution in [0.2, 0.25) is 0 Å². The summed E-state index contributed by atoms with van der Waals surface area (Å²) in [6.45, 7) is 5.85. The lowest BCUT2D eigenvalue weighted by molar-refractivity contribution is -0.142. The first-order valence-corrected chi connectivity index (χ1v) is 10.3. The summed E-state index contributed by atoms with van der Waals surface area (Å²) in [4.78, 5) is 37.1. The van der Waals surface area contributed by atoms with Crippen LogP contribution in [-0.4, -0.2) is 41.0 Å². The van der Waals surface area contributed by atoms with Gasteiger partial charge in [0.1, 0.15) is 12.0 Å². The second kappa shape index (κ2) is 11.6. The molecule has 3 amide bonds. The molecule has 4 N–H and O–H groups in total. The lowest BCUT2D eigenvalue weighted by atomic mass is 10.00. The number of aryl methyl sites for hydroxylation is 1. The summed E-state index contributed by atoms with van der Waals surface area (Å²) in [6.07, 6.45) is 2.56. The Morgan fingerprint density at radius 3 is 2.22 bits per heavy atom. The smallest absolute Gasteiger partial charge is 0.255 e. The fraction of sp³-hybridized carbons (Fsp3) is 0.526. The van der Waals surface area contributed by atoms with Crippen molar-refractivity contribution in [1.29, 1.82) is 0 Å². The van der Waals surface area contributed by atoms with Crippen molar-refractivity contribution >= 4 is 35.2 Å². The minimum Gasteiger partial charge on any atom is -0.344 e. The van der Waals surface area contributed by atoms with Gasteiger partial charge >= 0.3 is 0 Å². The summed E-state index contributed by atoms with van der Waals surface area (Å²) >= 11 is 1.49. The number of nitrogens with one attached hydrogen (secondary N) is 3. The fourth-order valence-electron chi connectivity index (χ4n) is 2.54. The lowest BCUT2D eigenvalue weighted by Gasteiger charge is -2.23. The molecule has 8 heteroatoms. The molecule has 0 aliphatic heterocycles. The normalized spacial score (nSPS) is 13.0. The van der Waals surface area contributed by atoms with Gasteiger partial charge in [0.05, 0.1) is 0 Å². The quantitative estimate of drug-likeness (QED) is 0.276. The second-order valence-corrected chi connectivity index (χ2v) is 7.84. The van der Waals surface area contributed by atoms with E-state index in [1.807, 2.05) is 39.2 Å². The number of rotatable bonds is 10. The van der Waals surface area contributed by atoms with Gasteiger partial charge in [-0.2, -0.15) is 11.8 Å². The third kappa shape index (κ3) is 8.01. The van der Waals surface area contributed by atoms with Gasteiger partial charge < -0.3 is 10.6 Å². The van der Waals surface area contributed by atoms with Gasteiger partial charge in [-0.1, -0.05) is 31.5 Å². The Morgan fingerprint density at radius 1 is 1.07 bits per heavy atom. The fourth-order valence-corrected chi connectivity index (χ4v) is 3.01. The predicted molar refractivity (Wildman–Crippen MR) is 108 cm³/mol. The minimum absolute atomic E-state index is 0.162. The summed E-state index contributed by atoms with van der Waals surface area (Å²) in [5.41, 5.74) is 3.25. The van der Waals surface area contributed by atoms with Gasteiger partial charge in [0.25, 0.3) is 5.91 Å². The molecule has 1 aromatic carbocycles. The number of carbonyl (C=O) groups is 3. The van der Waals surface area contributed by atoms with Crippen LogP contribution in [0.25, 0.3) is 0 Å². The zero-order valence-corrected chi connectivity index (χ0v) is 17.1. The maximum absolute atomic E-state index is 12.7. The first-order chi connectivity index (χ1) is 12.8. The molecule has 0 heterocycles. The van der Waals surface area contributed by atoms with Crippen LogP contribution in [0.15, 0.2) is 24.3 Å². The molecule has 0 aromatic heterocycles. The standard InChI is InChI=1S/C19H29N3O4S/c1-12(2)11-16(19(25)20-14-7-5-13(3)6-8-14)21-17(23)15(9-10-27-4)18(24)22-26/h5-8,12,15-16,26H,9-11H2,1-4H3,(H,20,25)(H,21,23)(H,22,24)/t15-,16-/m0/s1. The van der Waals surface area contributed by atoms with Gasteiger partial charge in [-0.3, -0.25) is 19.6 Å². The van der Waals surface area contributed by atoms with Crippen LogP contribution in [0, 0.1) is 18.8 Å². The molecule has 27 heavy (non-hydrogen) atoms. The molecule has 0 spiro atoms. The maximum Gasteiger partial charge on any atom is 0.255 e. The molecule has 1 rings (SSSR count). The monoisotopic (exact) mass is 395 g/mol. The number of benzene rings is 1. The van der Waals surface area contributed by atoms with E-state index in [0.717, 1.165) is 5.56 Å². The average Bonchev–Trinajstić information content (AvgIpc) is 2.62. The van der Waals surface area contributed by atoms with Gasteiger partial charge in [0.2, 0.25) is 11.8 Å². The Morgan fingerprint density at radius 2 is 1.70 bits per heavy atom. The first-order valence-electron chi connectivity index (χ1n) is 8.89. The zero-order valence-electron chi connectivity index (χ0n) is 16.2. The van der Waals surface area contributed by atoms with Gasteiger partial charge in [0.15, 0.2) is 0 Å². The Bertz CT molecular complexity index is 634. The average molecular weight is 396 g/mol. The van der Waals surface area contributed by atoms with Crippen LogP contribution in [0.1, 0.15) is 32.3 Å². The molecule has 7 nitrogen and oxygen atoms in total. The highest BCUT2D eigenvalue weighted by Gasteiger charge is 2.30. The molecule has 2 atom stereocenters. The van der Waals surface area contributed by atoms with Crippen LogP contribution in [0.3, 0.4) is 0 Å². The lowest BCUT2D eigenvalue weighted by Crippen LogP contribution is -2.49. The Labute approximate surface area is 164 Å². The number of thioether (sulfide) groups is 1. The molecule has 0 unspecified atom stereocenters. The van der Waals surface area contributed by atoms with Crippen molar-refractivity contribution in [2.75, 3.05) is 17.3 Å². The molecule has 0 fully saturated rings. The largest absolute Gasteiger partial charge is 0.344 e. The van der Waals surface area contributed by atoms with Crippen LogP contribution in [-0.2, 0) is 14.4 Å². The third-order valence-electron chi connectivity index (χ3n) is 4.01. The number of amides is 3. The van der Waals surface area contributed by atoms with Crippen molar-refractivity contribution < 1.29 is 19.6 Å². The highest BCUT2D eigenvalue weighted by molar-refractivity contribution is 7.98. The van der Waals surface area contributed by atoms with Crippen molar-refractivity contribution in [2.45, 2.75) is 39.7 Å². The van der Waals surface area contributed by atoms with Crippen molar-refractivity contribution in [3.63, 3.8) is 0 Å². The Hall–Kier alpha value is -2.06. The van der Waals surface area contributed by atoms with E-state index in [4.69, 9.17) is 5.21 Å². The van der Waals surface area contributed by atoms with Crippen molar-refractivity contribution in [1.82, 2.24) is 10.8 Å². The van der Waals surface area contributed by atoms with Crippen LogP contribution in [0.4, 0.5) is 5.69 Å². The molecule has 0 saturated heterocycles. The van der Waals surface area contributed by atoms with E-state index in [0.29, 0.717) is 17.9 Å². The number of hydrogen-bond acceptors (Lipinski definition) is 5.